The van der Waals surface area contributed by atoms with Gasteiger partial charge in [-0.2, -0.15) is 0 Å². The van der Waals surface area contributed by atoms with E-state index in [0.717, 1.165) is 24.6 Å². The van der Waals surface area contributed by atoms with E-state index in [0.29, 0.717) is 18.4 Å². The van der Waals surface area contributed by atoms with Crippen molar-refractivity contribution in [3.05, 3.63) is 0 Å². The molecule has 0 heterocycles. The maximum atomic E-state index is 11.5. The highest BCUT2D eigenvalue weighted by Crippen LogP contribution is 2.08. The standard InChI is InChI=1S/C12H24BrNO/c1-4-5-6-7-12(15)14-11(9-13)8-10(2)3/h10-11H,4-9H2,1-3H3,(H,14,15). The van der Waals surface area contributed by atoms with E-state index in [1.165, 1.54) is 6.42 Å². The molecule has 1 N–H and O–H groups in total. The monoisotopic (exact) mass is 277 g/mol. The Labute approximate surface area is 102 Å². The molecule has 0 aromatic carbocycles. The Morgan fingerprint density at radius 1 is 1.33 bits per heavy atom. The lowest BCUT2D eigenvalue weighted by atomic mass is 10.0. The summed E-state index contributed by atoms with van der Waals surface area (Å²) >= 11 is 3.44. The number of hydrogen-bond acceptors (Lipinski definition) is 1. The summed E-state index contributed by atoms with van der Waals surface area (Å²) in [5, 5.41) is 3.92. The average Bonchev–Trinajstić information content (AvgIpc) is 2.16. The van der Waals surface area contributed by atoms with Gasteiger partial charge in [0.2, 0.25) is 5.91 Å². The van der Waals surface area contributed by atoms with Crippen LogP contribution in [0.25, 0.3) is 0 Å². The van der Waals surface area contributed by atoms with Crippen LogP contribution in [0.2, 0.25) is 0 Å². The van der Waals surface area contributed by atoms with Crippen LogP contribution in [0.5, 0.6) is 0 Å². The first kappa shape index (κ1) is 14.9. The van der Waals surface area contributed by atoms with E-state index in [2.05, 4.69) is 42.0 Å². The van der Waals surface area contributed by atoms with Gasteiger partial charge < -0.3 is 5.32 Å². The molecule has 0 aromatic rings. The predicted octanol–water partition coefficient (Wildman–Crippen LogP) is 3.49. The quantitative estimate of drug-likeness (QED) is 0.534. The minimum absolute atomic E-state index is 0.202. The molecule has 0 fully saturated rings. The summed E-state index contributed by atoms with van der Waals surface area (Å²) in [6, 6.07) is 0.291. The van der Waals surface area contributed by atoms with Crippen molar-refractivity contribution in [2.24, 2.45) is 5.92 Å². The van der Waals surface area contributed by atoms with Crippen LogP contribution in [-0.2, 0) is 4.79 Å². The van der Waals surface area contributed by atoms with Crippen molar-refractivity contribution >= 4 is 21.8 Å². The fraction of sp³-hybridized carbons (Fsp3) is 0.917. The Kier molecular flexibility index (Phi) is 9.17. The molecule has 15 heavy (non-hydrogen) atoms. The maximum Gasteiger partial charge on any atom is 0.220 e. The number of hydrogen-bond donors (Lipinski definition) is 1. The first-order valence-electron chi connectivity index (χ1n) is 5.95. The molecule has 0 saturated carbocycles. The number of halogens is 1. The Hall–Kier alpha value is -0.0500. The van der Waals surface area contributed by atoms with Crippen molar-refractivity contribution in [1.82, 2.24) is 5.32 Å². The second kappa shape index (κ2) is 9.20. The van der Waals surface area contributed by atoms with Crippen molar-refractivity contribution in [3.8, 4) is 0 Å². The Morgan fingerprint density at radius 2 is 2.00 bits per heavy atom. The lowest BCUT2D eigenvalue weighted by molar-refractivity contribution is -0.121. The number of alkyl halides is 1. The largest absolute Gasteiger partial charge is 0.353 e. The van der Waals surface area contributed by atoms with Gasteiger partial charge in [0.05, 0.1) is 0 Å². The number of nitrogens with one attached hydrogen (secondary N) is 1. The molecule has 90 valence electrons. The summed E-state index contributed by atoms with van der Waals surface area (Å²) in [5.74, 6) is 0.831. The summed E-state index contributed by atoms with van der Waals surface area (Å²) in [4.78, 5) is 11.5. The van der Waals surface area contributed by atoms with Crippen LogP contribution in [-0.4, -0.2) is 17.3 Å². The minimum atomic E-state index is 0.202. The van der Waals surface area contributed by atoms with E-state index in [-0.39, 0.29) is 5.91 Å². The van der Waals surface area contributed by atoms with E-state index in [1.807, 2.05) is 0 Å². The molecule has 1 amide bonds. The van der Waals surface area contributed by atoms with Gasteiger partial charge in [0.15, 0.2) is 0 Å². The van der Waals surface area contributed by atoms with E-state index < -0.39 is 0 Å². The molecule has 0 aliphatic heterocycles. The molecular weight excluding hydrogens is 254 g/mol. The Balaban J connectivity index is 3.70. The lowest BCUT2D eigenvalue weighted by Crippen LogP contribution is -2.36. The van der Waals surface area contributed by atoms with Crippen LogP contribution in [0.3, 0.4) is 0 Å². The summed E-state index contributed by atoms with van der Waals surface area (Å²) in [7, 11) is 0. The summed E-state index contributed by atoms with van der Waals surface area (Å²) in [6.45, 7) is 6.51. The van der Waals surface area contributed by atoms with Gasteiger partial charge in [-0.3, -0.25) is 4.79 Å². The molecule has 0 saturated heterocycles. The first-order chi connectivity index (χ1) is 7.10. The number of carbonyl (C=O) groups is 1. The van der Waals surface area contributed by atoms with Gasteiger partial charge in [0, 0.05) is 17.8 Å². The molecule has 3 heteroatoms. The van der Waals surface area contributed by atoms with Crippen LogP contribution >= 0.6 is 15.9 Å². The van der Waals surface area contributed by atoms with Gasteiger partial charge in [-0.05, 0) is 18.8 Å². The molecule has 0 spiro atoms. The molecule has 0 aliphatic carbocycles. The molecule has 0 aliphatic rings. The van der Waals surface area contributed by atoms with Crippen molar-refractivity contribution < 1.29 is 4.79 Å². The Morgan fingerprint density at radius 3 is 2.47 bits per heavy atom. The Bertz CT molecular complexity index is 171. The molecular formula is C12H24BrNO. The fourth-order valence-corrected chi connectivity index (χ4v) is 1.99. The van der Waals surface area contributed by atoms with Crippen molar-refractivity contribution in [1.29, 1.82) is 0 Å². The van der Waals surface area contributed by atoms with E-state index in [9.17, 15) is 4.79 Å². The number of amides is 1. The SMILES string of the molecule is CCCCCC(=O)NC(CBr)CC(C)C. The fourth-order valence-electron chi connectivity index (χ4n) is 1.56. The zero-order valence-corrected chi connectivity index (χ0v) is 11.8. The number of unbranched alkanes of at least 4 members (excludes halogenated alkanes) is 2. The van der Waals surface area contributed by atoms with Gasteiger partial charge in [-0.25, -0.2) is 0 Å². The third-order valence-electron chi connectivity index (χ3n) is 2.31. The number of carbonyl (C=O) groups excluding carboxylic acids is 1. The van der Waals surface area contributed by atoms with Crippen LogP contribution in [0.15, 0.2) is 0 Å². The van der Waals surface area contributed by atoms with Crippen LogP contribution < -0.4 is 5.32 Å². The normalized spacial score (nSPS) is 12.9. The highest BCUT2D eigenvalue weighted by atomic mass is 79.9. The van der Waals surface area contributed by atoms with E-state index in [1.54, 1.807) is 0 Å². The van der Waals surface area contributed by atoms with Gasteiger partial charge in [-0.1, -0.05) is 49.5 Å². The van der Waals surface area contributed by atoms with E-state index >= 15 is 0 Å². The average molecular weight is 278 g/mol. The molecule has 1 unspecified atom stereocenters. The van der Waals surface area contributed by atoms with Gasteiger partial charge in [0.25, 0.3) is 0 Å². The molecule has 0 bridgehead atoms. The molecule has 1 atom stereocenters. The highest BCUT2D eigenvalue weighted by molar-refractivity contribution is 9.09. The zero-order chi connectivity index (χ0) is 11.7. The van der Waals surface area contributed by atoms with Crippen LogP contribution in [0, 0.1) is 5.92 Å². The zero-order valence-electron chi connectivity index (χ0n) is 10.2. The molecule has 0 aromatic heterocycles. The smallest absolute Gasteiger partial charge is 0.220 e. The van der Waals surface area contributed by atoms with Crippen LogP contribution in [0.4, 0.5) is 0 Å². The predicted molar refractivity (Wildman–Crippen MR) is 69.3 cm³/mol. The van der Waals surface area contributed by atoms with Gasteiger partial charge in [0.1, 0.15) is 0 Å². The molecule has 0 rings (SSSR count). The van der Waals surface area contributed by atoms with Crippen molar-refractivity contribution in [3.63, 3.8) is 0 Å². The lowest BCUT2D eigenvalue weighted by Gasteiger charge is -2.18. The third-order valence-corrected chi connectivity index (χ3v) is 3.10. The first-order valence-corrected chi connectivity index (χ1v) is 7.07. The second-order valence-electron chi connectivity index (χ2n) is 4.51. The topological polar surface area (TPSA) is 29.1 Å². The summed E-state index contributed by atoms with van der Waals surface area (Å²) < 4.78 is 0. The molecule has 2 nitrogen and oxygen atoms in total. The van der Waals surface area contributed by atoms with E-state index in [4.69, 9.17) is 0 Å². The molecule has 0 radical (unpaired) electrons. The summed E-state index contributed by atoms with van der Waals surface area (Å²) in [5.41, 5.74) is 0. The summed E-state index contributed by atoms with van der Waals surface area (Å²) in [6.07, 6.45) is 5.05. The van der Waals surface area contributed by atoms with Crippen molar-refractivity contribution in [2.45, 2.75) is 58.9 Å². The van der Waals surface area contributed by atoms with Gasteiger partial charge >= 0.3 is 0 Å². The second-order valence-corrected chi connectivity index (χ2v) is 5.15. The van der Waals surface area contributed by atoms with Crippen molar-refractivity contribution in [2.75, 3.05) is 5.33 Å². The third kappa shape index (κ3) is 8.91. The highest BCUT2D eigenvalue weighted by Gasteiger charge is 2.11. The minimum Gasteiger partial charge on any atom is -0.353 e. The van der Waals surface area contributed by atoms with Gasteiger partial charge in [-0.15, -0.1) is 0 Å². The maximum absolute atomic E-state index is 11.5. The van der Waals surface area contributed by atoms with Crippen LogP contribution in [0.1, 0.15) is 52.9 Å². The number of rotatable bonds is 8.